The molecular formula is C23H26ClN3O5S. The predicted molar refractivity (Wildman–Crippen MR) is 126 cm³/mol. The topological polar surface area (TPSA) is 108 Å². The van der Waals surface area contributed by atoms with Crippen molar-refractivity contribution in [2.24, 2.45) is 0 Å². The third-order valence-electron chi connectivity index (χ3n) is 6.17. The van der Waals surface area contributed by atoms with Crippen molar-refractivity contribution in [2.75, 3.05) is 31.7 Å². The zero-order chi connectivity index (χ0) is 23.6. The monoisotopic (exact) mass is 491 g/mol. The second-order valence-electron chi connectivity index (χ2n) is 8.40. The van der Waals surface area contributed by atoms with Gasteiger partial charge in [0.05, 0.1) is 28.5 Å². The van der Waals surface area contributed by atoms with E-state index in [1.807, 2.05) is 6.92 Å². The van der Waals surface area contributed by atoms with Gasteiger partial charge in [0.25, 0.3) is 17.7 Å². The fourth-order valence-electron chi connectivity index (χ4n) is 4.29. The van der Waals surface area contributed by atoms with Gasteiger partial charge in [0.2, 0.25) is 0 Å². The summed E-state index contributed by atoms with van der Waals surface area (Å²) >= 11 is 7.07. The maximum absolute atomic E-state index is 13.2. The highest BCUT2D eigenvalue weighted by Crippen LogP contribution is 2.27. The van der Waals surface area contributed by atoms with Crippen LogP contribution >= 0.6 is 22.9 Å². The lowest BCUT2D eigenvalue weighted by atomic mass is 9.96. The van der Waals surface area contributed by atoms with E-state index in [2.05, 4.69) is 10.6 Å². The summed E-state index contributed by atoms with van der Waals surface area (Å²) in [5.74, 6) is -0.882. The first-order valence-corrected chi connectivity index (χ1v) is 12.0. The van der Waals surface area contributed by atoms with E-state index in [9.17, 15) is 19.5 Å². The zero-order valence-corrected chi connectivity index (χ0v) is 19.8. The standard InChI is InChI=1S/C23H26ClN3O5S/c1-14-11-15(4-5-17(14)21(30)27-9-2-3-16(27)12-28)25-22(31)23(8-10-32-13-23)26-20(29)18-6-7-19(24)33-18/h4-7,11,16,28H,2-3,8-10,12-13H2,1H3,(H,25,31)(H,26,29)/t16-,23?/m0/s1. The number of benzene rings is 1. The van der Waals surface area contributed by atoms with Crippen LogP contribution in [-0.4, -0.2) is 65.7 Å². The number of likely N-dealkylation sites (tertiary alicyclic amines) is 1. The second-order valence-corrected chi connectivity index (χ2v) is 10.1. The maximum Gasteiger partial charge on any atom is 0.262 e. The van der Waals surface area contributed by atoms with Gasteiger partial charge in [-0.25, -0.2) is 0 Å². The van der Waals surface area contributed by atoms with E-state index in [0.717, 1.165) is 29.7 Å². The van der Waals surface area contributed by atoms with Crippen LogP contribution in [-0.2, 0) is 9.53 Å². The Morgan fingerprint density at radius 3 is 2.76 bits per heavy atom. The summed E-state index contributed by atoms with van der Waals surface area (Å²) in [5, 5.41) is 15.2. The number of thiophene rings is 1. The first-order valence-electron chi connectivity index (χ1n) is 10.8. The number of hydrogen-bond acceptors (Lipinski definition) is 6. The lowest BCUT2D eigenvalue weighted by molar-refractivity contribution is -0.122. The summed E-state index contributed by atoms with van der Waals surface area (Å²) in [7, 11) is 0. The first-order chi connectivity index (χ1) is 15.8. The molecule has 0 saturated carbocycles. The molecule has 2 aromatic rings. The van der Waals surface area contributed by atoms with E-state index in [0.29, 0.717) is 40.0 Å². The molecule has 2 aliphatic heterocycles. The number of amides is 3. The number of anilines is 1. The summed E-state index contributed by atoms with van der Waals surface area (Å²) in [5.41, 5.74) is 0.583. The van der Waals surface area contributed by atoms with Gasteiger partial charge in [-0.3, -0.25) is 14.4 Å². The van der Waals surface area contributed by atoms with Gasteiger partial charge in [-0.15, -0.1) is 11.3 Å². The highest BCUT2D eigenvalue weighted by atomic mass is 35.5. The molecule has 4 rings (SSSR count). The van der Waals surface area contributed by atoms with Crippen molar-refractivity contribution in [3.63, 3.8) is 0 Å². The molecule has 0 spiro atoms. The smallest absolute Gasteiger partial charge is 0.262 e. The van der Waals surface area contributed by atoms with E-state index in [1.165, 1.54) is 0 Å². The maximum atomic E-state index is 13.2. The molecule has 176 valence electrons. The van der Waals surface area contributed by atoms with Crippen LogP contribution in [0.25, 0.3) is 0 Å². The van der Waals surface area contributed by atoms with Crippen molar-refractivity contribution in [3.05, 3.63) is 50.7 Å². The summed E-state index contributed by atoms with van der Waals surface area (Å²) in [4.78, 5) is 40.9. The molecular weight excluding hydrogens is 466 g/mol. The average Bonchev–Trinajstić information content (AvgIpc) is 3.54. The molecule has 2 fully saturated rings. The quantitative estimate of drug-likeness (QED) is 0.576. The minimum absolute atomic E-state index is 0.0491. The number of ether oxygens (including phenoxy) is 1. The number of nitrogens with one attached hydrogen (secondary N) is 2. The van der Waals surface area contributed by atoms with Gasteiger partial charge in [-0.2, -0.15) is 0 Å². The molecule has 8 nitrogen and oxygen atoms in total. The van der Waals surface area contributed by atoms with E-state index >= 15 is 0 Å². The third kappa shape index (κ3) is 4.91. The van der Waals surface area contributed by atoms with Crippen LogP contribution in [0.4, 0.5) is 5.69 Å². The van der Waals surface area contributed by atoms with Gasteiger partial charge in [-0.05, 0) is 55.7 Å². The van der Waals surface area contributed by atoms with Gasteiger partial charge in [0.1, 0.15) is 5.54 Å². The Bertz CT molecular complexity index is 1070. The zero-order valence-electron chi connectivity index (χ0n) is 18.2. The van der Waals surface area contributed by atoms with Crippen molar-refractivity contribution in [1.82, 2.24) is 10.2 Å². The Balaban J connectivity index is 1.48. The fraction of sp³-hybridized carbons (Fsp3) is 0.435. The Morgan fingerprint density at radius 2 is 2.12 bits per heavy atom. The number of rotatable bonds is 6. The third-order valence-corrected chi connectivity index (χ3v) is 7.40. The number of carbonyl (C=O) groups is 3. The predicted octanol–water partition coefficient (Wildman–Crippen LogP) is 2.83. The molecule has 0 radical (unpaired) electrons. The van der Waals surface area contributed by atoms with Crippen LogP contribution in [0.1, 0.15) is 44.9 Å². The molecule has 0 aliphatic carbocycles. The first kappa shape index (κ1) is 23.7. The van der Waals surface area contributed by atoms with Crippen molar-refractivity contribution < 1.29 is 24.2 Å². The Kier molecular flexibility index (Phi) is 7.04. The molecule has 2 saturated heterocycles. The summed E-state index contributed by atoms with van der Waals surface area (Å²) in [6, 6.07) is 8.19. The van der Waals surface area contributed by atoms with Crippen molar-refractivity contribution in [1.29, 1.82) is 0 Å². The van der Waals surface area contributed by atoms with Crippen LogP contribution in [0, 0.1) is 6.92 Å². The van der Waals surface area contributed by atoms with Gasteiger partial charge >= 0.3 is 0 Å². The van der Waals surface area contributed by atoms with Crippen molar-refractivity contribution in [2.45, 2.75) is 37.8 Å². The lowest BCUT2D eigenvalue weighted by Gasteiger charge is -2.27. The Hall–Kier alpha value is -2.46. The van der Waals surface area contributed by atoms with E-state index in [4.69, 9.17) is 16.3 Å². The average molecular weight is 492 g/mol. The van der Waals surface area contributed by atoms with Crippen molar-refractivity contribution >= 4 is 46.3 Å². The SMILES string of the molecule is Cc1cc(NC(=O)C2(NC(=O)c3ccc(Cl)s3)CCOC2)ccc1C(=O)N1CCC[C@H]1CO. The molecule has 33 heavy (non-hydrogen) atoms. The number of carbonyl (C=O) groups excluding carboxylic acids is 3. The number of nitrogens with zero attached hydrogens (tertiary/aromatic N) is 1. The molecule has 3 heterocycles. The number of hydrogen-bond donors (Lipinski definition) is 3. The normalized spacial score (nSPS) is 22.4. The Labute approximate surface area is 200 Å². The minimum atomic E-state index is -1.19. The molecule has 3 N–H and O–H groups in total. The van der Waals surface area contributed by atoms with Crippen LogP contribution in [0.15, 0.2) is 30.3 Å². The number of aliphatic hydroxyl groups is 1. The molecule has 10 heteroatoms. The number of halogens is 1. The number of aliphatic hydroxyl groups excluding tert-OH is 1. The van der Waals surface area contributed by atoms with Crippen LogP contribution in [0.2, 0.25) is 4.34 Å². The molecule has 1 aromatic carbocycles. The van der Waals surface area contributed by atoms with Gasteiger partial charge < -0.3 is 25.4 Å². The summed E-state index contributed by atoms with van der Waals surface area (Å²) < 4.78 is 5.94. The van der Waals surface area contributed by atoms with Crippen LogP contribution < -0.4 is 10.6 Å². The molecule has 2 atom stereocenters. The summed E-state index contributed by atoms with van der Waals surface area (Å²) in [6.07, 6.45) is 2.01. The van der Waals surface area contributed by atoms with Crippen LogP contribution in [0.5, 0.6) is 0 Å². The molecule has 1 unspecified atom stereocenters. The van der Waals surface area contributed by atoms with Crippen molar-refractivity contribution in [3.8, 4) is 0 Å². The second kappa shape index (κ2) is 9.80. The molecule has 2 aliphatic rings. The van der Waals surface area contributed by atoms with Gasteiger partial charge in [0, 0.05) is 30.8 Å². The van der Waals surface area contributed by atoms with Gasteiger partial charge in [-0.1, -0.05) is 11.6 Å². The van der Waals surface area contributed by atoms with E-state index in [1.54, 1.807) is 35.2 Å². The van der Waals surface area contributed by atoms with Gasteiger partial charge in [0.15, 0.2) is 0 Å². The fourth-order valence-corrected chi connectivity index (χ4v) is 5.23. The van der Waals surface area contributed by atoms with E-state index in [-0.39, 0.29) is 37.0 Å². The van der Waals surface area contributed by atoms with Crippen LogP contribution in [0.3, 0.4) is 0 Å². The summed E-state index contributed by atoms with van der Waals surface area (Å²) in [6.45, 7) is 2.81. The highest BCUT2D eigenvalue weighted by Gasteiger charge is 2.44. The number of aryl methyl sites for hydroxylation is 1. The highest BCUT2D eigenvalue weighted by molar-refractivity contribution is 7.18. The minimum Gasteiger partial charge on any atom is -0.394 e. The molecule has 1 aromatic heterocycles. The van der Waals surface area contributed by atoms with E-state index < -0.39 is 5.54 Å². The molecule has 3 amide bonds. The molecule has 0 bridgehead atoms. The lowest BCUT2D eigenvalue weighted by Crippen LogP contribution is -2.57. The Morgan fingerprint density at radius 1 is 1.30 bits per heavy atom. The largest absolute Gasteiger partial charge is 0.394 e.